The Hall–Kier alpha value is -4.46. The van der Waals surface area contributed by atoms with Crippen LogP contribution in [0.25, 0.3) is 0 Å². The second kappa shape index (κ2) is 13.0. The monoisotopic (exact) mass is 631 g/mol. The molecule has 2 aliphatic rings. The van der Waals surface area contributed by atoms with Crippen molar-refractivity contribution in [1.29, 1.82) is 0 Å². The first kappa shape index (κ1) is 31.0. The first-order valence-electron chi connectivity index (χ1n) is 14.0. The van der Waals surface area contributed by atoms with Gasteiger partial charge in [-0.25, -0.2) is 0 Å². The fourth-order valence-corrected chi connectivity index (χ4v) is 5.43. The molecule has 1 fully saturated rings. The van der Waals surface area contributed by atoms with Crippen LogP contribution in [-0.2, 0) is 40.1 Å². The molecule has 11 nitrogen and oxygen atoms in total. The number of nitrogens with zero attached hydrogens (tertiary/aromatic N) is 5. The van der Waals surface area contributed by atoms with Gasteiger partial charge in [-0.15, -0.1) is 5.10 Å². The number of amides is 4. The highest BCUT2D eigenvalue weighted by Crippen LogP contribution is 2.32. The Bertz CT molecular complexity index is 1550. The molecule has 4 amide bonds. The van der Waals surface area contributed by atoms with E-state index in [9.17, 15) is 32.3 Å². The average Bonchev–Trinajstić information content (AvgIpc) is 3.46. The zero-order valence-corrected chi connectivity index (χ0v) is 24.1. The zero-order chi connectivity index (χ0) is 31.4. The molecule has 15 heteroatoms. The predicted molar refractivity (Wildman–Crippen MR) is 151 cm³/mol. The highest BCUT2D eigenvalue weighted by molar-refractivity contribution is 6.33. The molecular formula is C29H29ClF3N7O4. The molecule has 232 valence electrons. The van der Waals surface area contributed by atoms with Gasteiger partial charge in [-0.1, -0.05) is 47.1 Å². The van der Waals surface area contributed by atoms with E-state index in [0.29, 0.717) is 24.7 Å². The predicted octanol–water partition coefficient (Wildman–Crippen LogP) is 2.44. The fraction of sp³-hybridized carbons (Fsp3) is 0.379. The van der Waals surface area contributed by atoms with Gasteiger partial charge in [0, 0.05) is 32.5 Å². The van der Waals surface area contributed by atoms with E-state index in [1.54, 1.807) is 23.0 Å². The molecule has 2 N–H and O–H groups in total. The van der Waals surface area contributed by atoms with Crippen LogP contribution in [0, 0.1) is 0 Å². The molecule has 0 unspecified atom stereocenters. The van der Waals surface area contributed by atoms with Gasteiger partial charge in [-0.3, -0.25) is 23.9 Å². The number of hydrogen-bond acceptors (Lipinski definition) is 6. The maximum absolute atomic E-state index is 14.0. The minimum atomic E-state index is -4.70. The Morgan fingerprint density at radius 1 is 1.05 bits per heavy atom. The second-order valence-electron chi connectivity index (χ2n) is 10.6. The number of nitrogens with one attached hydrogen (secondary N) is 2. The summed E-state index contributed by atoms with van der Waals surface area (Å²) in [6, 6.07) is 9.28. The van der Waals surface area contributed by atoms with Crippen molar-refractivity contribution in [3.8, 4) is 0 Å². The lowest BCUT2D eigenvalue weighted by atomic mass is 10.0. The van der Waals surface area contributed by atoms with Crippen molar-refractivity contribution in [3.05, 3.63) is 82.1 Å². The molecule has 2 atom stereocenters. The number of carbonyl (C=O) groups is 4. The number of aryl methyl sites for hydroxylation is 1. The molecule has 2 aliphatic heterocycles. The van der Waals surface area contributed by atoms with Gasteiger partial charge in [0.15, 0.2) is 0 Å². The standard InChI is InChI=1S/C29H29ClF3N7O4/c30-22-9-8-19(29(31,32)33)14-21(22)27(43)38-11-12-40-24(17-38)26(42)34-15-20-16-39(37-36-20)10-4-7-25(41)35-23(28(40)44)13-18-5-2-1-3-6-18/h1-3,5-6,8-9,14,16,23-24H,4,7,10-13,15,17H2,(H,34,42)(H,35,41)/t23-,24+/m0/s1. The van der Waals surface area contributed by atoms with Crippen molar-refractivity contribution >= 4 is 35.2 Å². The van der Waals surface area contributed by atoms with E-state index in [2.05, 4.69) is 20.9 Å². The van der Waals surface area contributed by atoms with Gasteiger partial charge in [0.2, 0.25) is 17.7 Å². The zero-order valence-electron chi connectivity index (χ0n) is 23.4. The molecule has 44 heavy (non-hydrogen) atoms. The van der Waals surface area contributed by atoms with Crippen LogP contribution in [0.3, 0.4) is 0 Å². The normalized spacial score (nSPS) is 20.2. The summed E-state index contributed by atoms with van der Waals surface area (Å²) in [4.78, 5) is 56.5. The Balaban J connectivity index is 1.45. The van der Waals surface area contributed by atoms with Crippen molar-refractivity contribution in [1.82, 2.24) is 35.4 Å². The number of fused-ring (bicyclic) bond motifs is 3. The highest BCUT2D eigenvalue weighted by atomic mass is 35.5. The van der Waals surface area contributed by atoms with Crippen LogP contribution in [0.2, 0.25) is 5.02 Å². The maximum Gasteiger partial charge on any atom is 0.416 e. The summed E-state index contributed by atoms with van der Waals surface area (Å²) in [5.74, 6) is -2.30. The first-order chi connectivity index (χ1) is 21.0. The number of piperazine rings is 1. The molecule has 3 heterocycles. The van der Waals surface area contributed by atoms with Crippen LogP contribution < -0.4 is 10.6 Å². The third-order valence-electron chi connectivity index (χ3n) is 7.51. The van der Waals surface area contributed by atoms with E-state index in [1.807, 2.05) is 18.2 Å². The summed E-state index contributed by atoms with van der Waals surface area (Å²) in [6.07, 6.45) is -2.35. The van der Waals surface area contributed by atoms with Gasteiger partial charge in [-0.2, -0.15) is 13.2 Å². The number of hydrogen-bond donors (Lipinski definition) is 2. The molecular weight excluding hydrogens is 603 g/mol. The van der Waals surface area contributed by atoms with Gasteiger partial charge in [-0.05, 0) is 30.2 Å². The van der Waals surface area contributed by atoms with Crippen LogP contribution in [0.1, 0.15) is 40.0 Å². The summed E-state index contributed by atoms with van der Waals surface area (Å²) in [5, 5.41) is 13.4. The molecule has 5 rings (SSSR count). The minimum absolute atomic E-state index is 0.0185. The van der Waals surface area contributed by atoms with Crippen molar-refractivity contribution in [2.24, 2.45) is 0 Å². The smallest absolute Gasteiger partial charge is 0.348 e. The van der Waals surface area contributed by atoms with E-state index in [4.69, 9.17) is 11.6 Å². The summed E-state index contributed by atoms with van der Waals surface area (Å²) >= 11 is 6.13. The number of aromatic nitrogens is 3. The van der Waals surface area contributed by atoms with Gasteiger partial charge in [0.05, 0.1) is 35.4 Å². The van der Waals surface area contributed by atoms with E-state index in [-0.39, 0.29) is 55.5 Å². The number of halogens is 4. The largest absolute Gasteiger partial charge is 0.416 e. The Labute approximate surface area is 255 Å². The van der Waals surface area contributed by atoms with Crippen LogP contribution >= 0.6 is 11.6 Å². The molecule has 3 aromatic rings. The summed E-state index contributed by atoms with van der Waals surface area (Å²) in [6.45, 7) is -0.134. The molecule has 2 aromatic carbocycles. The van der Waals surface area contributed by atoms with Gasteiger partial charge < -0.3 is 20.4 Å². The number of benzene rings is 2. The lowest BCUT2D eigenvalue weighted by molar-refractivity contribution is -0.146. The number of alkyl halides is 3. The maximum atomic E-state index is 14.0. The molecule has 0 saturated carbocycles. The highest BCUT2D eigenvalue weighted by Gasteiger charge is 2.41. The van der Waals surface area contributed by atoms with Crippen molar-refractivity contribution < 1.29 is 32.3 Å². The molecule has 2 bridgehead atoms. The van der Waals surface area contributed by atoms with E-state index in [1.165, 1.54) is 9.80 Å². The van der Waals surface area contributed by atoms with Crippen molar-refractivity contribution in [3.63, 3.8) is 0 Å². The van der Waals surface area contributed by atoms with E-state index in [0.717, 1.165) is 17.7 Å². The molecule has 0 spiro atoms. The van der Waals surface area contributed by atoms with Crippen LogP contribution in [0.4, 0.5) is 13.2 Å². The van der Waals surface area contributed by atoms with E-state index < -0.39 is 41.5 Å². The Morgan fingerprint density at radius 2 is 1.82 bits per heavy atom. The number of carbonyl (C=O) groups excluding carboxylic acids is 4. The third-order valence-corrected chi connectivity index (χ3v) is 7.84. The quantitative estimate of drug-likeness (QED) is 0.457. The molecule has 1 saturated heterocycles. The van der Waals surface area contributed by atoms with Gasteiger partial charge >= 0.3 is 6.18 Å². The summed E-state index contributed by atoms with van der Waals surface area (Å²) in [5.41, 5.74) is -0.187. The first-order valence-corrected chi connectivity index (χ1v) is 14.3. The summed E-state index contributed by atoms with van der Waals surface area (Å²) in [7, 11) is 0. The molecule has 0 radical (unpaired) electrons. The van der Waals surface area contributed by atoms with Crippen LogP contribution in [-0.4, -0.2) is 80.1 Å². The number of rotatable bonds is 3. The van der Waals surface area contributed by atoms with E-state index >= 15 is 0 Å². The molecule has 0 aliphatic carbocycles. The van der Waals surface area contributed by atoms with Crippen molar-refractivity contribution in [2.45, 2.75) is 50.6 Å². The minimum Gasteiger partial charge on any atom is -0.348 e. The van der Waals surface area contributed by atoms with Gasteiger partial charge in [0.25, 0.3) is 5.91 Å². The third kappa shape index (κ3) is 7.18. The topological polar surface area (TPSA) is 130 Å². The summed E-state index contributed by atoms with van der Waals surface area (Å²) < 4.78 is 41.7. The van der Waals surface area contributed by atoms with Gasteiger partial charge in [0.1, 0.15) is 17.8 Å². The Morgan fingerprint density at radius 3 is 2.57 bits per heavy atom. The second-order valence-corrected chi connectivity index (χ2v) is 11.0. The lowest BCUT2D eigenvalue weighted by Crippen LogP contribution is -2.64. The fourth-order valence-electron chi connectivity index (χ4n) is 5.23. The van der Waals surface area contributed by atoms with Crippen LogP contribution in [0.15, 0.2) is 54.7 Å². The lowest BCUT2D eigenvalue weighted by Gasteiger charge is -2.42. The van der Waals surface area contributed by atoms with Crippen LogP contribution in [0.5, 0.6) is 0 Å². The Kier molecular flexibility index (Phi) is 9.18. The molecule has 1 aromatic heterocycles. The average molecular weight is 632 g/mol. The van der Waals surface area contributed by atoms with Crippen molar-refractivity contribution in [2.75, 3.05) is 19.6 Å². The SMILES string of the molecule is O=C1CCCn2cc(nn2)CNC(=O)[C@H]2CN(C(=O)c3cc(C(F)(F)F)ccc3Cl)CCN2C(=O)[C@H](Cc2ccccc2)N1.